The molecule has 0 unspecified atom stereocenters. The molecular weight excluding hydrogens is 613 g/mol. The Hall–Kier alpha value is -2.89. The van der Waals surface area contributed by atoms with Crippen LogP contribution in [0.3, 0.4) is 0 Å². The lowest BCUT2D eigenvalue weighted by Crippen LogP contribution is -2.48. The first kappa shape index (κ1) is 30.6. The number of nitrogens with zero attached hydrogens (tertiary/aromatic N) is 4. The summed E-state index contributed by atoms with van der Waals surface area (Å²) in [6.45, 7) is 7.24. The van der Waals surface area contributed by atoms with Crippen LogP contribution < -0.4 is 14.5 Å². The summed E-state index contributed by atoms with van der Waals surface area (Å²) in [4.78, 5) is 22.4. The Labute approximate surface area is 261 Å². The summed E-state index contributed by atoms with van der Waals surface area (Å²) in [5, 5.41) is 4.74. The molecule has 0 radical (unpaired) electrons. The zero-order valence-corrected chi connectivity index (χ0v) is 26.5. The lowest BCUT2D eigenvalue weighted by Gasteiger charge is -2.34. The highest BCUT2D eigenvalue weighted by molar-refractivity contribution is 7.92. The summed E-state index contributed by atoms with van der Waals surface area (Å²) in [6.07, 6.45) is 1.65. The third kappa shape index (κ3) is 6.09. The van der Waals surface area contributed by atoms with Gasteiger partial charge in [0.2, 0.25) is 0 Å². The average molecular weight is 647 g/mol. The van der Waals surface area contributed by atoms with Gasteiger partial charge in [-0.2, -0.15) is 0 Å². The lowest BCUT2D eigenvalue weighted by molar-refractivity contribution is 0.0947. The van der Waals surface area contributed by atoms with E-state index in [4.69, 9.17) is 16.6 Å². The van der Waals surface area contributed by atoms with Crippen LogP contribution >= 0.6 is 35.3 Å². The quantitative estimate of drug-likeness (QED) is 0.291. The van der Waals surface area contributed by atoms with Crippen molar-refractivity contribution in [2.75, 3.05) is 55.0 Å². The van der Waals surface area contributed by atoms with Gasteiger partial charge < -0.3 is 10.2 Å². The van der Waals surface area contributed by atoms with Crippen LogP contribution in [0.15, 0.2) is 65.6 Å². The minimum absolute atomic E-state index is 0. The third-order valence-corrected chi connectivity index (χ3v) is 11.2. The van der Waals surface area contributed by atoms with E-state index in [-0.39, 0.29) is 23.2 Å². The van der Waals surface area contributed by atoms with E-state index in [9.17, 15) is 13.2 Å². The number of anilines is 2. The minimum Gasteiger partial charge on any atom is -0.351 e. The van der Waals surface area contributed by atoms with Gasteiger partial charge in [-0.1, -0.05) is 41.1 Å². The number of aromatic nitrogens is 1. The molecule has 12 heteroatoms. The molecule has 4 aromatic rings. The van der Waals surface area contributed by atoms with E-state index in [1.165, 1.54) is 16.4 Å². The number of aryl methyl sites for hydroxylation is 2. The van der Waals surface area contributed by atoms with Gasteiger partial charge in [0.15, 0.2) is 5.13 Å². The maximum absolute atomic E-state index is 13.4. The first-order valence-electron chi connectivity index (χ1n) is 13.8. The Balaban J connectivity index is 0.00000353. The molecule has 0 bridgehead atoms. The summed E-state index contributed by atoms with van der Waals surface area (Å²) in [5.41, 5.74) is 4.22. The molecule has 0 spiro atoms. The first-order chi connectivity index (χ1) is 19.8. The van der Waals surface area contributed by atoms with Crippen LogP contribution in [0.4, 0.5) is 10.8 Å². The van der Waals surface area contributed by atoms with E-state index in [0.29, 0.717) is 18.7 Å². The number of para-hydroxylation sites is 1. The normalized spacial score (nSPS) is 15.8. The monoisotopic (exact) mass is 645 g/mol. The number of fused-ring (bicyclic) bond motifs is 2. The van der Waals surface area contributed by atoms with Crippen LogP contribution in [0.1, 0.15) is 27.9 Å². The van der Waals surface area contributed by atoms with Gasteiger partial charge in [0.05, 0.1) is 20.8 Å². The summed E-state index contributed by atoms with van der Waals surface area (Å²) in [6, 6.07) is 17.8. The predicted molar refractivity (Wildman–Crippen MR) is 173 cm³/mol. The van der Waals surface area contributed by atoms with E-state index < -0.39 is 10.0 Å². The van der Waals surface area contributed by atoms with Crippen molar-refractivity contribution in [3.8, 4) is 0 Å². The van der Waals surface area contributed by atoms with Gasteiger partial charge in [-0.05, 0) is 73.4 Å². The van der Waals surface area contributed by atoms with Gasteiger partial charge in [-0.15, -0.1) is 12.4 Å². The molecule has 2 aliphatic heterocycles. The molecule has 42 heavy (non-hydrogen) atoms. The van der Waals surface area contributed by atoms with Crippen molar-refractivity contribution in [1.82, 2.24) is 15.2 Å². The average Bonchev–Trinajstić information content (AvgIpc) is 3.44. The minimum atomic E-state index is -3.70. The molecular formula is C30H33Cl2N5O3S2. The molecule has 3 heterocycles. The molecule has 6 rings (SSSR count). The maximum Gasteiger partial charge on any atom is 0.264 e. The number of carbonyl (C=O) groups excluding carboxylic acids is 1. The zero-order valence-electron chi connectivity index (χ0n) is 23.3. The summed E-state index contributed by atoms with van der Waals surface area (Å²) in [7, 11) is -3.70. The second kappa shape index (κ2) is 12.8. The van der Waals surface area contributed by atoms with Crippen LogP contribution in [-0.4, -0.2) is 70.0 Å². The summed E-state index contributed by atoms with van der Waals surface area (Å²) < 4.78 is 29.4. The molecule has 1 saturated heterocycles. The Morgan fingerprint density at radius 2 is 1.74 bits per heavy atom. The second-order valence-corrected chi connectivity index (χ2v) is 13.7. The fraction of sp³-hybridized carbons (Fsp3) is 0.333. The standard InChI is InChI=1S/C30H32ClN5O3S2.ClH/c1-21-25(31)12-13-27-28(21)33-30(40-27)35-19-17-34(18-20-35)16-14-32-29(37)23-8-10-24(11-9-23)41(38,39)36-15-4-6-22-5-2-3-7-26(22)36;/h2-3,5,7-13H,4,6,14-20H2,1H3,(H,32,37);1H. The predicted octanol–water partition coefficient (Wildman–Crippen LogP) is 5.37. The highest BCUT2D eigenvalue weighted by Gasteiger charge is 2.29. The maximum atomic E-state index is 13.4. The van der Waals surface area contributed by atoms with Crippen molar-refractivity contribution in [3.63, 3.8) is 0 Å². The largest absolute Gasteiger partial charge is 0.351 e. The Morgan fingerprint density at radius 1 is 1.00 bits per heavy atom. The van der Waals surface area contributed by atoms with Crippen molar-refractivity contribution in [3.05, 3.63) is 82.4 Å². The summed E-state index contributed by atoms with van der Waals surface area (Å²) >= 11 is 7.96. The highest BCUT2D eigenvalue weighted by atomic mass is 35.5. The SMILES string of the molecule is Cc1c(Cl)ccc2sc(N3CCN(CCNC(=O)c4ccc(S(=O)(=O)N5CCCc6ccccc65)cc4)CC3)nc12.Cl. The number of benzene rings is 3. The molecule has 222 valence electrons. The first-order valence-corrected chi connectivity index (χ1v) is 16.5. The van der Waals surface area contributed by atoms with Gasteiger partial charge in [0.25, 0.3) is 15.9 Å². The van der Waals surface area contributed by atoms with Crippen molar-refractivity contribution < 1.29 is 13.2 Å². The zero-order chi connectivity index (χ0) is 28.6. The number of hydrogen-bond donors (Lipinski definition) is 1. The smallest absolute Gasteiger partial charge is 0.264 e. The Morgan fingerprint density at radius 3 is 2.50 bits per heavy atom. The number of piperazine rings is 1. The molecule has 0 aliphatic carbocycles. The Kier molecular flexibility index (Phi) is 9.29. The van der Waals surface area contributed by atoms with Gasteiger partial charge in [0.1, 0.15) is 0 Å². The third-order valence-electron chi connectivity index (χ3n) is 7.87. The molecule has 2 aliphatic rings. The van der Waals surface area contributed by atoms with Crippen LogP contribution in [0.5, 0.6) is 0 Å². The number of rotatable bonds is 7. The van der Waals surface area contributed by atoms with E-state index in [1.807, 2.05) is 43.3 Å². The van der Waals surface area contributed by atoms with Gasteiger partial charge in [0, 0.05) is 56.4 Å². The van der Waals surface area contributed by atoms with Crippen molar-refractivity contribution in [1.29, 1.82) is 0 Å². The molecule has 3 aromatic carbocycles. The van der Waals surface area contributed by atoms with Crippen LogP contribution in [0.25, 0.3) is 10.2 Å². The van der Waals surface area contributed by atoms with E-state index in [0.717, 1.165) is 82.8 Å². The molecule has 8 nitrogen and oxygen atoms in total. The van der Waals surface area contributed by atoms with Crippen molar-refractivity contribution in [2.24, 2.45) is 0 Å². The van der Waals surface area contributed by atoms with Crippen molar-refractivity contribution >= 4 is 72.3 Å². The molecule has 1 fully saturated rings. The van der Waals surface area contributed by atoms with Gasteiger partial charge >= 0.3 is 0 Å². The lowest BCUT2D eigenvalue weighted by atomic mass is 10.0. The van der Waals surface area contributed by atoms with Crippen LogP contribution in [0.2, 0.25) is 5.02 Å². The highest BCUT2D eigenvalue weighted by Crippen LogP contribution is 2.34. The van der Waals surface area contributed by atoms with E-state index in [1.54, 1.807) is 23.5 Å². The number of halogens is 2. The van der Waals surface area contributed by atoms with Gasteiger partial charge in [-0.25, -0.2) is 13.4 Å². The fourth-order valence-corrected chi connectivity index (χ4v) is 8.24. The van der Waals surface area contributed by atoms with E-state index in [2.05, 4.69) is 15.1 Å². The molecule has 0 saturated carbocycles. The Bertz CT molecular complexity index is 1690. The fourth-order valence-electron chi connectivity index (χ4n) is 5.47. The molecule has 0 atom stereocenters. The number of amides is 1. The number of hydrogen-bond acceptors (Lipinski definition) is 7. The number of nitrogens with one attached hydrogen (secondary N) is 1. The number of thiazole rings is 1. The molecule has 1 amide bonds. The number of carbonyl (C=O) groups is 1. The van der Waals surface area contributed by atoms with Crippen molar-refractivity contribution in [2.45, 2.75) is 24.7 Å². The second-order valence-electron chi connectivity index (χ2n) is 10.4. The molecule has 1 N–H and O–H groups in total. The summed E-state index contributed by atoms with van der Waals surface area (Å²) in [5.74, 6) is -0.209. The number of sulfonamides is 1. The topological polar surface area (TPSA) is 85.8 Å². The van der Waals surface area contributed by atoms with Crippen LogP contribution in [0, 0.1) is 6.92 Å². The van der Waals surface area contributed by atoms with Crippen LogP contribution in [-0.2, 0) is 16.4 Å². The van der Waals surface area contributed by atoms with E-state index >= 15 is 0 Å². The van der Waals surface area contributed by atoms with Gasteiger partial charge in [-0.3, -0.25) is 14.0 Å². The molecule has 1 aromatic heterocycles.